The second kappa shape index (κ2) is 10.7. The zero-order valence-corrected chi connectivity index (χ0v) is 20.5. The van der Waals surface area contributed by atoms with Gasteiger partial charge in [-0.1, -0.05) is 30.3 Å². The van der Waals surface area contributed by atoms with Gasteiger partial charge in [-0.05, 0) is 62.3 Å². The number of carboxylic acid groups (broad SMARTS) is 1. The molecule has 0 bridgehead atoms. The SMILES string of the molecule is CC(=O)c1ccc(-c2ncc(C)c(N(C)CCCOc3ccc4c(c3)CC[C@H]4CC(=O)O)n2)cc1. The average Bonchev–Trinajstić information content (AvgIpc) is 3.23. The van der Waals surface area contributed by atoms with Gasteiger partial charge in [0.15, 0.2) is 11.6 Å². The highest BCUT2D eigenvalue weighted by Crippen LogP contribution is 2.37. The van der Waals surface area contributed by atoms with E-state index in [1.807, 2.05) is 44.4 Å². The predicted octanol–water partition coefficient (Wildman–Crippen LogP) is 5.06. The lowest BCUT2D eigenvalue weighted by molar-refractivity contribution is -0.137. The van der Waals surface area contributed by atoms with Crippen molar-refractivity contribution in [1.82, 2.24) is 9.97 Å². The predicted molar refractivity (Wildman–Crippen MR) is 135 cm³/mol. The van der Waals surface area contributed by atoms with Crippen LogP contribution in [0.3, 0.4) is 0 Å². The van der Waals surface area contributed by atoms with Gasteiger partial charge in [-0.2, -0.15) is 0 Å². The lowest BCUT2D eigenvalue weighted by Gasteiger charge is -2.21. The van der Waals surface area contributed by atoms with Crippen LogP contribution in [-0.4, -0.2) is 47.0 Å². The summed E-state index contributed by atoms with van der Waals surface area (Å²) in [5, 5.41) is 9.10. The molecule has 0 aliphatic heterocycles. The molecule has 0 spiro atoms. The number of aliphatic carboxylic acids is 1. The van der Waals surface area contributed by atoms with E-state index in [0.717, 1.165) is 54.1 Å². The van der Waals surface area contributed by atoms with E-state index in [-0.39, 0.29) is 18.1 Å². The number of anilines is 1. The van der Waals surface area contributed by atoms with Crippen LogP contribution in [0.4, 0.5) is 5.82 Å². The maximum atomic E-state index is 11.5. The molecule has 1 atom stereocenters. The molecule has 4 rings (SSSR count). The Balaban J connectivity index is 1.33. The summed E-state index contributed by atoms with van der Waals surface area (Å²) in [4.78, 5) is 33.9. The van der Waals surface area contributed by atoms with Gasteiger partial charge in [0.2, 0.25) is 0 Å². The Hall–Kier alpha value is -3.74. The smallest absolute Gasteiger partial charge is 0.303 e. The Kier molecular flexibility index (Phi) is 7.44. The molecule has 3 aromatic rings. The van der Waals surface area contributed by atoms with Crippen LogP contribution in [0, 0.1) is 6.92 Å². The largest absolute Gasteiger partial charge is 0.494 e. The molecule has 0 amide bonds. The number of benzene rings is 2. The molecule has 0 radical (unpaired) electrons. The molecule has 182 valence electrons. The maximum absolute atomic E-state index is 11.5. The van der Waals surface area contributed by atoms with E-state index in [0.29, 0.717) is 18.0 Å². The number of hydrogen-bond donors (Lipinski definition) is 1. The Morgan fingerprint density at radius 2 is 1.94 bits per heavy atom. The number of nitrogens with zero attached hydrogens (tertiary/aromatic N) is 3. The van der Waals surface area contributed by atoms with Crippen molar-refractivity contribution >= 4 is 17.6 Å². The van der Waals surface area contributed by atoms with Gasteiger partial charge in [-0.25, -0.2) is 9.97 Å². The molecule has 1 aromatic heterocycles. The fourth-order valence-electron chi connectivity index (χ4n) is 4.60. The standard InChI is InChI=1S/C28H31N3O4/c1-18-17-29-27(21-7-5-20(6-8-21)19(2)32)30-28(18)31(3)13-4-14-35-24-11-12-25-22(15-24)9-10-23(25)16-26(33)34/h5-8,11-12,15,17,23H,4,9-10,13-14,16H2,1-3H3,(H,33,34)/t23-/m0/s1. The Bertz CT molecular complexity index is 1220. The van der Waals surface area contributed by atoms with Gasteiger partial charge < -0.3 is 14.7 Å². The van der Waals surface area contributed by atoms with Crippen molar-refractivity contribution in [3.8, 4) is 17.1 Å². The minimum Gasteiger partial charge on any atom is -0.494 e. The van der Waals surface area contributed by atoms with Crippen molar-refractivity contribution in [3.63, 3.8) is 0 Å². The van der Waals surface area contributed by atoms with Crippen molar-refractivity contribution < 1.29 is 19.4 Å². The number of aromatic nitrogens is 2. The molecule has 1 aliphatic rings. The van der Waals surface area contributed by atoms with Crippen molar-refractivity contribution in [3.05, 3.63) is 70.9 Å². The lowest BCUT2D eigenvalue weighted by Crippen LogP contribution is -2.22. The first kappa shape index (κ1) is 24.4. The van der Waals surface area contributed by atoms with Gasteiger partial charge in [-0.3, -0.25) is 9.59 Å². The van der Waals surface area contributed by atoms with Gasteiger partial charge in [-0.15, -0.1) is 0 Å². The number of carbonyl (C=O) groups is 2. The molecule has 1 aliphatic carbocycles. The summed E-state index contributed by atoms with van der Waals surface area (Å²) in [5.74, 6) is 1.72. The van der Waals surface area contributed by atoms with Crippen LogP contribution in [0.15, 0.2) is 48.7 Å². The molecular weight excluding hydrogens is 442 g/mol. The summed E-state index contributed by atoms with van der Waals surface area (Å²) in [7, 11) is 2.01. The normalized spacial score (nSPS) is 14.4. The number of Topliss-reactive ketones (excluding diaryl/α,β-unsaturated/α-hetero) is 1. The van der Waals surface area contributed by atoms with Gasteiger partial charge >= 0.3 is 5.97 Å². The third-order valence-electron chi connectivity index (χ3n) is 6.50. The number of fused-ring (bicyclic) bond motifs is 1. The molecule has 0 saturated heterocycles. The first-order chi connectivity index (χ1) is 16.8. The zero-order chi connectivity index (χ0) is 24.9. The number of carbonyl (C=O) groups excluding carboxylic acids is 1. The van der Waals surface area contributed by atoms with E-state index < -0.39 is 5.97 Å². The summed E-state index contributed by atoms with van der Waals surface area (Å²) in [6.45, 7) is 4.89. The summed E-state index contributed by atoms with van der Waals surface area (Å²) < 4.78 is 5.98. The second-order valence-electron chi connectivity index (χ2n) is 9.15. The minimum absolute atomic E-state index is 0.0336. The molecule has 1 N–H and O–H groups in total. The fraction of sp³-hybridized carbons (Fsp3) is 0.357. The van der Waals surface area contributed by atoms with Crippen molar-refractivity contribution in [2.75, 3.05) is 25.1 Å². The molecule has 2 aromatic carbocycles. The molecule has 35 heavy (non-hydrogen) atoms. The molecule has 0 fully saturated rings. The fourth-order valence-corrected chi connectivity index (χ4v) is 4.60. The average molecular weight is 474 g/mol. The maximum Gasteiger partial charge on any atom is 0.303 e. The number of ether oxygens (including phenoxy) is 1. The Morgan fingerprint density at radius 3 is 2.66 bits per heavy atom. The molecule has 7 heteroatoms. The summed E-state index contributed by atoms with van der Waals surface area (Å²) in [5.41, 5.74) is 4.88. The van der Waals surface area contributed by atoms with E-state index >= 15 is 0 Å². The van der Waals surface area contributed by atoms with Crippen LogP contribution < -0.4 is 9.64 Å². The molecular formula is C28H31N3O4. The van der Waals surface area contributed by atoms with E-state index in [1.165, 1.54) is 5.56 Å². The monoisotopic (exact) mass is 473 g/mol. The van der Waals surface area contributed by atoms with E-state index in [9.17, 15) is 9.59 Å². The molecule has 1 heterocycles. The van der Waals surface area contributed by atoms with Crippen LogP contribution in [0.25, 0.3) is 11.4 Å². The quantitative estimate of drug-likeness (QED) is 0.325. The van der Waals surface area contributed by atoms with E-state index in [1.54, 1.807) is 19.1 Å². The summed E-state index contributed by atoms with van der Waals surface area (Å²) in [6.07, 6.45) is 4.62. The highest BCUT2D eigenvalue weighted by molar-refractivity contribution is 5.94. The molecule has 7 nitrogen and oxygen atoms in total. The van der Waals surface area contributed by atoms with Gasteiger partial charge in [0.05, 0.1) is 13.0 Å². The van der Waals surface area contributed by atoms with Crippen molar-refractivity contribution in [1.29, 1.82) is 0 Å². The van der Waals surface area contributed by atoms with E-state index in [4.69, 9.17) is 14.8 Å². The number of carboxylic acids is 1. The zero-order valence-electron chi connectivity index (χ0n) is 20.5. The van der Waals surface area contributed by atoms with Crippen LogP contribution in [0.2, 0.25) is 0 Å². The Labute approximate surface area is 205 Å². The highest BCUT2D eigenvalue weighted by Gasteiger charge is 2.24. The van der Waals surface area contributed by atoms with Gasteiger partial charge in [0, 0.05) is 36.5 Å². The summed E-state index contributed by atoms with van der Waals surface area (Å²) >= 11 is 0. The molecule has 0 saturated carbocycles. The van der Waals surface area contributed by atoms with Crippen LogP contribution in [-0.2, 0) is 11.2 Å². The Morgan fingerprint density at radius 1 is 1.17 bits per heavy atom. The molecule has 0 unspecified atom stereocenters. The van der Waals surface area contributed by atoms with Crippen LogP contribution in [0.1, 0.15) is 59.2 Å². The van der Waals surface area contributed by atoms with E-state index in [2.05, 4.69) is 16.0 Å². The van der Waals surface area contributed by atoms with Crippen LogP contribution >= 0.6 is 0 Å². The van der Waals surface area contributed by atoms with Gasteiger partial charge in [0.25, 0.3) is 0 Å². The second-order valence-corrected chi connectivity index (χ2v) is 9.15. The number of hydrogen-bond acceptors (Lipinski definition) is 6. The van der Waals surface area contributed by atoms with Gasteiger partial charge in [0.1, 0.15) is 11.6 Å². The first-order valence-corrected chi connectivity index (χ1v) is 12.0. The third-order valence-corrected chi connectivity index (χ3v) is 6.50. The van der Waals surface area contributed by atoms with Crippen LogP contribution in [0.5, 0.6) is 5.75 Å². The number of rotatable bonds is 10. The third kappa shape index (κ3) is 5.85. The number of aryl methyl sites for hydroxylation is 2. The highest BCUT2D eigenvalue weighted by atomic mass is 16.5. The topological polar surface area (TPSA) is 92.6 Å². The minimum atomic E-state index is -0.746. The number of ketones is 1. The first-order valence-electron chi connectivity index (χ1n) is 12.0. The lowest BCUT2D eigenvalue weighted by atomic mass is 9.98. The summed E-state index contributed by atoms with van der Waals surface area (Å²) in [6, 6.07) is 13.4. The van der Waals surface area contributed by atoms with Crippen molar-refractivity contribution in [2.24, 2.45) is 0 Å². The van der Waals surface area contributed by atoms with Crippen molar-refractivity contribution in [2.45, 2.75) is 45.4 Å².